The number of anilines is 1. The standard InChI is InChI=1S/C22H24ClF2N3O4/c1-12(2)19(28-21(30)18-16(24)5-4-6-17(18)25)22(31)27-13-7-8-14(15(23)11-13)20(29)26-9-10-32-3/h4-8,11-12,19H,9-10H2,1-3H3,(H,26,29)(H,27,31)(H,28,30)/t19-/m0/s1. The Morgan fingerprint density at radius 1 is 1.06 bits per heavy atom. The first-order valence-corrected chi connectivity index (χ1v) is 10.2. The maximum Gasteiger partial charge on any atom is 0.257 e. The van der Waals surface area contributed by atoms with E-state index in [1.165, 1.54) is 25.3 Å². The van der Waals surface area contributed by atoms with Gasteiger partial charge in [0, 0.05) is 19.3 Å². The van der Waals surface area contributed by atoms with Crippen LogP contribution < -0.4 is 16.0 Å². The molecule has 0 aliphatic rings. The summed E-state index contributed by atoms with van der Waals surface area (Å²) in [4.78, 5) is 37.3. The van der Waals surface area contributed by atoms with Crippen molar-refractivity contribution in [3.8, 4) is 0 Å². The van der Waals surface area contributed by atoms with Crippen molar-refractivity contribution in [2.45, 2.75) is 19.9 Å². The molecule has 10 heteroatoms. The molecule has 0 aliphatic carbocycles. The van der Waals surface area contributed by atoms with Crippen LogP contribution in [0, 0.1) is 17.6 Å². The summed E-state index contributed by atoms with van der Waals surface area (Å²) in [6, 6.07) is 6.27. The smallest absolute Gasteiger partial charge is 0.257 e. The number of rotatable bonds is 9. The quantitative estimate of drug-likeness (QED) is 0.492. The van der Waals surface area contributed by atoms with Gasteiger partial charge in [-0.15, -0.1) is 0 Å². The number of carbonyl (C=O) groups is 3. The van der Waals surface area contributed by atoms with Crippen molar-refractivity contribution < 1.29 is 27.9 Å². The summed E-state index contributed by atoms with van der Waals surface area (Å²) in [6.45, 7) is 3.99. The minimum Gasteiger partial charge on any atom is -0.383 e. The molecule has 32 heavy (non-hydrogen) atoms. The van der Waals surface area contributed by atoms with Gasteiger partial charge in [0.25, 0.3) is 11.8 Å². The number of nitrogens with one attached hydrogen (secondary N) is 3. The molecule has 3 N–H and O–H groups in total. The molecule has 0 aromatic heterocycles. The molecule has 0 saturated carbocycles. The van der Waals surface area contributed by atoms with Gasteiger partial charge in [-0.1, -0.05) is 31.5 Å². The van der Waals surface area contributed by atoms with E-state index in [-0.39, 0.29) is 16.3 Å². The maximum atomic E-state index is 13.9. The third-order valence-corrected chi connectivity index (χ3v) is 4.81. The number of benzene rings is 2. The van der Waals surface area contributed by atoms with E-state index in [0.29, 0.717) is 13.2 Å². The summed E-state index contributed by atoms with van der Waals surface area (Å²) in [6.07, 6.45) is 0. The van der Waals surface area contributed by atoms with Crippen molar-refractivity contribution in [1.29, 1.82) is 0 Å². The fourth-order valence-corrected chi connectivity index (χ4v) is 3.09. The average molecular weight is 468 g/mol. The molecule has 0 heterocycles. The minimum atomic E-state index is -1.09. The third kappa shape index (κ3) is 6.48. The Hall–Kier alpha value is -3.04. The molecule has 7 nitrogen and oxygen atoms in total. The Morgan fingerprint density at radius 3 is 2.28 bits per heavy atom. The highest BCUT2D eigenvalue weighted by atomic mass is 35.5. The van der Waals surface area contributed by atoms with Crippen molar-refractivity contribution in [2.75, 3.05) is 25.6 Å². The summed E-state index contributed by atoms with van der Waals surface area (Å²) in [5.41, 5.74) is -0.271. The lowest BCUT2D eigenvalue weighted by molar-refractivity contribution is -0.118. The highest BCUT2D eigenvalue weighted by molar-refractivity contribution is 6.34. The van der Waals surface area contributed by atoms with E-state index < -0.39 is 46.9 Å². The summed E-state index contributed by atoms with van der Waals surface area (Å²) >= 11 is 6.17. The van der Waals surface area contributed by atoms with Crippen LogP contribution in [0.4, 0.5) is 14.5 Å². The van der Waals surface area contributed by atoms with Crippen LogP contribution in [0.15, 0.2) is 36.4 Å². The fraction of sp³-hybridized carbons (Fsp3) is 0.318. The van der Waals surface area contributed by atoms with Gasteiger partial charge in [-0.2, -0.15) is 0 Å². The topological polar surface area (TPSA) is 96.5 Å². The zero-order valence-electron chi connectivity index (χ0n) is 17.8. The van der Waals surface area contributed by atoms with Gasteiger partial charge in [-0.25, -0.2) is 8.78 Å². The molecule has 2 aromatic rings. The molecule has 0 saturated heterocycles. The Kier molecular flexibility index (Phi) is 9.10. The van der Waals surface area contributed by atoms with Gasteiger partial charge >= 0.3 is 0 Å². The van der Waals surface area contributed by atoms with Crippen molar-refractivity contribution in [1.82, 2.24) is 10.6 Å². The molecular formula is C22H24ClF2N3O4. The largest absolute Gasteiger partial charge is 0.383 e. The lowest BCUT2D eigenvalue weighted by Gasteiger charge is -2.22. The van der Waals surface area contributed by atoms with Crippen LogP contribution in [0.25, 0.3) is 0 Å². The summed E-state index contributed by atoms with van der Waals surface area (Å²) in [5.74, 6) is -4.51. The van der Waals surface area contributed by atoms with Crippen LogP contribution in [-0.4, -0.2) is 44.0 Å². The molecule has 0 aliphatic heterocycles. The summed E-state index contributed by atoms with van der Waals surface area (Å²) < 4.78 is 32.6. The van der Waals surface area contributed by atoms with Gasteiger partial charge in [0.15, 0.2) is 0 Å². The Morgan fingerprint density at radius 2 is 1.72 bits per heavy atom. The lowest BCUT2D eigenvalue weighted by atomic mass is 10.0. The van der Waals surface area contributed by atoms with Crippen molar-refractivity contribution in [3.63, 3.8) is 0 Å². The van der Waals surface area contributed by atoms with Crippen LogP contribution in [0.1, 0.15) is 34.6 Å². The monoisotopic (exact) mass is 467 g/mol. The van der Waals surface area contributed by atoms with Crippen LogP contribution in [0.5, 0.6) is 0 Å². The van der Waals surface area contributed by atoms with Gasteiger partial charge in [0.2, 0.25) is 5.91 Å². The first-order chi connectivity index (χ1) is 15.1. The number of ether oxygens (including phenoxy) is 1. The van der Waals surface area contributed by atoms with E-state index in [2.05, 4.69) is 16.0 Å². The van der Waals surface area contributed by atoms with E-state index in [4.69, 9.17) is 16.3 Å². The number of hydrogen-bond donors (Lipinski definition) is 3. The highest BCUT2D eigenvalue weighted by Crippen LogP contribution is 2.22. The van der Waals surface area contributed by atoms with Crippen molar-refractivity contribution in [2.24, 2.45) is 5.92 Å². The lowest BCUT2D eigenvalue weighted by Crippen LogP contribution is -2.47. The molecule has 0 unspecified atom stereocenters. The average Bonchev–Trinajstić information content (AvgIpc) is 2.71. The molecule has 2 rings (SSSR count). The number of hydrogen-bond acceptors (Lipinski definition) is 4. The number of methoxy groups -OCH3 is 1. The molecule has 3 amide bonds. The van der Waals surface area contributed by atoms with Gasteiger partial charge in [0.05, 0.1) is 17.2 Å². The van der Waals surface area contributed by atoms with Crippen molar-refractivity contribution >= 4 is 35.0 Å². The van der Waals surface area contributed by atoms with E-state index >= 15 is 0 Å². The molecule has 0 spiro atoms. The summed E-state index contributed by atoms with van der Waals surface area (Å²) in [5, 5.41) is 7.70. The first kappa shape index (κ1) is 25.2. The normalized spacial score (nSPS) is 11.7. The molecular weight excluding hydrogens is 444 g/mol. The Balaban J connectivity index is 2.12. The van der Waals surface area contributed by atoms with Crippen LogP contribution >= 0.6 is 11.6 Å². The number of amides is 3. The first-order valence-electron chi connectivity index (χ1n) is 9.78. The van der Waals surface area contributed by atoms with E-state index in [9.17, 15) is 23.2 Å². The second kappa shape index (κ2) is 11.5. The van der Waals surface area contributed by atoms with E-state index in [1.807, 2.05) is 0 Å². The zero-order valence-corrected chi connectivity index (χ0v) is 18.6. The molecule has 0 fully saturated rings. The van der Waals surface area contributed by atoms with Crippen LogP contribution in [0.3, 0.4) is 0 Å². The zero-order chi connectivity index (χ0) is 23.8. The van der Waals surface area contributed by atoms with E-state index in [0.717, 1.165) is 18.2 Å². The fourth-order valence-electron chi connectivity index (χ4n) is 2.82. The molecule has 2 aromatic carbocycles. The van der Waals surface area contributed by atoms with E-state index in [1.54, 1.807) is 13.8 Å². The SMILES string of the molecule is COCCNC(=O)c1ccc(NC(=O)[C@@H](NC(=O)c2c(F)cccc2F)C(C)C)cc1Cl. The Labute approximate surface area is 189 Å². The van der Waals surface area contributed by atoms with Gasteiger partial charge in [0.1, 0.15) is 23.2 Å². The molecule has 1 atom stereocenters. The second-order valence-corrected chi connectivity index (χ2v) is 7.63. The molecule has 172 valence electrons. The van der Waals surface area contributed by atoms with Gasteiger partial charge < -0.3 is 20.7 Å². The second-order valence-electron chi connectivity index (χ2n) is 7.22. The van der Waals surface area contributed by atoms with Crippen LogP contribution in [-0.2, 0) is 9.53 Å². The van der Waals surface area contributed by atoms with Gasteiger partial charge in [-0.3, -0.25) is 14.4 Å². The van der Waals surface area contributed by atoms with Gasteiger partial charge in [-0.05, 0) is 36.2 Å². The predicted octanol–water partition coefficient (Wildman–Crippen LogP) is 3.39. The Bertz CT molecular complexity index is 981. The highest BCUT2D eigenvalue weighted by Gasteiger charge is 2.27. The van der Waals surface area contributed by atoms with Crippen molar-refractivity contribution in [3.05, 3.63) is 64.2 Å². The predicted molar refractivity (Wildman–Crippen MR) is 117 cm³/mol. The molecule has 0 radical (unpaired) electrons. The number of carbonyl (C=O) groups excluding carboxylic acids is 3. The van der Waals surface area contributed by atoms with Crippen LogP contribution in [0.2, 0.25) is 5.02 Å². The third-order valence-electron chi connectivity index (χ3n) is 4.50. The maximum absolute atomic E-state index is 13.9. The minimum absolute atomic E-state index is 0.108. The number of halogens is 3. The molecule has 0 bridgehead atoms. The summed E-state index contributed by atoms with van der Waals surface area (Å²) in [7, 11) is 1.51.